The highest BCUT2D eigenvalue weighted by molar-refractivity contribution is 5.88. The van der Waals surface area contributed by atoms with Gasteiger partial charge in [0.1, 0.15) is 0 Å². The van der Waals surface area contributed by atoms with Gasteiger partial charge >= 0.3 is 6.03 Å². The van der Waals surface area contributed by atoms with Crippen molar-refractivity contribution < 1.29 is 9.90 Å². The van der Waals surface area contributed by atoms with Gasteiger partial charge in [0, 0.05) is 12.6 Å². The van der Waals surface area contributed by atoms with Crippen LogP contribution in [0.5, 0.6) is 0 Å². The van der Waals surface area contributed by atoms with Gasteiger partial charge in [0.05, 0.1) is 19.3 Å². The van der Waals surface area contributed by atoms with E-state index in [1.807, 2.05) is 30.3 Å². The Morgan fingerprint density at radius 2 is 2.14 bits per heavy atom. The first-order valence-corrected chi connectivity index (χ1v) is 7.39. The average Bonchev–Trinajstić information content (AvgIpc) is 3.27. The van der Waals surface area contributed by atoms with Gasteiger partial charge in [-0.2, -0.15) is 0 Å². The molecule has 2 aromatic rings. The lowest BCUT2D eigenvalue weighted by molar-refractivity contribution is 0.185. The molecule has 2 N–H and O–H groups in total. The molecular weight excluding hydrogens is 282 g/mol. The van der Waals surface area contributed by atoms with Gasteiger partial charge in [-0.1, -0.05) is 35.5 Å². The maximum atomic E-state index is 12.2. The van der Waals surface area contributed by atoms with Crippen LogP contribution < -0.4 is 5.32 Å². The number of nitrogens with zero attached hydrogens (tertiary/aromatic N) is 4. The first-order chi connectivity index (χ1) is 10.8. The number of anilines is 1. The van der Waals surface area contributed by atoms with Crippen LogP contribution in [0.4, 0.5) is 10.6 Å². The molecule has 0 aliphatic heterocycles. The lowest BCUT2D eigenvalue weighted by atomic mass is 10.2. The van der Waals surface area contributed by atoms with Crippen LogP contribution >= 0.6 is 0 Å². The van der Waals surface area contributed by atoms with Crippen LogP contribution in [-0.4, -0.2) is 50.2 Å². The smallest absolute Gasteiger partial charge is 0.323 e. The van der Waals surface area contributed by atoms with Gasteiger partial charge in [-0.05, 0) is 18.4 Å². The van der Waals surface area contributed by atoms with Crippen molar-refractivity contribution in [3.8, 4) is 0 Å². The second-order valence-corrected chi connectivity index (χ2v) is 5.37. The van der Waals surface area contributed by atoms with Gasteiger partial charge in [0.15, 0.2) is 5.82 Å². The van der Waals surface area contributed by atoms with E-state index in [2.05, 4.69) is 15.6 Å². The molecule has 2 amide bonds. The molecule has 0 radical (unpaired) electrons. The van der Waals surface area contributed by atoms with Gasteiger partial charge in [-0.25, -0.2) is 9.48 Å². The van der Waals surface area contributed by atoms with Crippen molar-refractivity contribution in [2.75, 3.05) is 18.5 Å². The van der Waals surface area contributed by atoms with E-state index in [1.165, 1.54) is 0 Å². The summed E-state index contributed by atoms with van der Waals surface area (Å²) in [5.74, 6) is 0.421. The van der Waals surface area contributed by atoms with Crippen molar-refractivity contribution in [3.05, 3.63) is 42.1 Å². The number of urea groups is 1. The number of hydrogen-bond donors (Lipinski definition) is 2. The highest BCUT2D eigenvalue weighted by atomic mass is 16.3. The summed E-state index contributed by atoms with van der Waals surface area (Å²) in [5, 5.41) is 19.8. The highest BCUT2D eigenvalue weighted by Crippen LogP contribution is 2.26. The molecule has 1 aromatic heterocycles. The largest absolute Gasteiger partial charge is 0.395 e. The third-order valence-corrected chi connectivity index (χ3v) is 3.55. The van der Waals surface area contributed by atoms with E-state index in [0.29, 0.717) is 18.9 Å². The van der Waals surface area contributed by atoms with Crippen LogP contribution in [-0.2, 0) is 6.54 Å². The Hall–Kier alpha value is -2.41. The Bertz CT molecular complexity index is 624. The fourth-order valence-corrected chi connectivity index (χ4v) is 2.33. The van der Waals surface area contributed by atoms with Gasteiger partial charge in [-0.15, -0.1) is 5.10 Å². The zero-order chi connectivity index (χ0) is 15.4. The molecule has 1 aliphatic carbocycles. The number of aliphatic hydroxyl groups is 1. The van der Waals surface area contributed by atoms with Gasteiger partial charge in [-0.3, -0.25) is 5.32 Å². The molecule has 116 valence electrons. The molecule has 0 bridgehead atoms. The molecule has 1 fully saturated rings. The fourth-order valence-electron chi connectivity index (χ4n) is 2.33. The van der Waals surface area contributed by atoms with Crippen molar-refractivity contribution >= 4 is 11.8 Å². The number of aliphatic hydroxyl groups excluding tert-OH is 1. The van der Waals surface area contributed by atoms with Crippen molar-refractivity contribution in [2.24, 2.45) is 0 Å². The second-order valence-electron chi connectivity index (χ2n) is 5.37. The van der Waals surface area contributed by atoms with E-state index >= 15 is 0 Å². The first kappa shape index (κ1) is 14.5. The maximum absolute atomic E-state index is 12.2. The SMILES string of the molecule is O=C(Nc1cn(Cc2ccccc2)nn1)N(CCO)C1CC1. The summed E-state index contributed by atoms with van der Waals surface area (Å²) in [6.45, 7) is 0.909. The molecule has 0 atom stereocenters. The summed E-state index contributed by atoms with van der Waals surface area (Å²) in [4.78, 5) is 13.8. The van der Waals surface area contributed by atoms with Crippen LogP contribution in [0.25, 0.3) is 0 Å². The lowest BCUT2D eigenvalue weighted by Gasteiger charge is -2.20. The van der Waals surface area contributed by atoms with Crippen LogP contribution in [0, 0.1) is 0 Å². The Labute approximate surface area is 128 Å². The lowest BCUT2D eigenvalue weighted by Crippen LogP contribution is -2.38. The molecule has 0 unspecified atom stereocenters. The third kappa shape index (κ3) is 3.62. The number of carbonyl (C=O) groups excluding carboxylic acids is 1. The summed E-state index contributed by atoms with van der Waals surface area (Å²) >= 11 is 0. The number of rotatable bonds is 6. The molecule has 3 rings (SSSR count). The molecule has 0 spiro atoms. The summed E-state index contributed by atoms with van der Waals surface area (Å²) < 4.78 is 1.68. The van der Waals surface area contributed by atoms with E-state index < -0.39 is 0 Å². The molecule has 1 saturated carbocycles. The number of carbonyl (C=O) groups is 1. The van der Waals surface area contributed by atoms with Crippen LogP contribution in [0.15, 0.2) is 36.5 Å². The normalized spacial score (nSPS) is 13.9. The summed E-state index contributed by atoms with van der Waals surface area (Å²) in [6, 6.07) is 9.93. The standard InChI is InChI=1S/C15H19N5O2/c21-9-8-20(13-6-7-13)15(22)16-14-11-19(18-17-14)10-12-4-2-1-3-5-12/h1-5,11,13,21H,6-10H2,(H,16,22). The number of hydrogen-bond acceptors (Lipinski definition) is 4. The Morgan fingerprint density at radius 1 is 1.36 bits per heavy atom. The minimum absolute atomic E-state index is 0.0371. The Kier molecular flexibility index (Phi) is 4.34. The predicted octanol–water partition coefficient (Wildman–Crippen LogP) is 1.31. The van der Waals surface area contributed by atoms with E-state index in [9.17, 15) is 4.79 Å². The van der Waals surface area contributed by atoms with Gasteiger partial charge < -0.3 is 10.0 Å². The second kappa shape index (κ2) is 6.57. The zero-order valence-electron chi connectivity index (χ0n) is 12.2. The van der Waals surface area contributed by atoms with Crippen molar-refractivity contribution in [1.29, 1.82) is 0 Å². The van der Waals surface area contributed by atoms with Crippen molar-refractivity contribution in [1.82, 2.24) is 19.9 Å². The highest BCUT2D eigenvalue weighted by Gasteiger charge is 2.32. The number of benzene rings is 1. The van der Waals surface area contributed by atoms with Gasteiger partial charge in [0.25, 0.3) is 0 Å². The topological polar surface area (TPSA) is 83.3 Å². The zero-order valence-corrected chi connectivity index (χ0v) is 12.2. The van der Waals surface area contributed by atoms with Crippen LogP contribution in [0.2, 0.25) is 0 Å². The Balaban J connectivity index is 1.60. The van der Waals surface area contributed by atoms with E-state index in [-0.39, 0.29) is 18.7 Å². The quantitative estimate of drug-likeness (QED) is 0.843. The minimum Gasteiger partial charge on any atom is -0.395 e. The van der Waals surface area contributed by atoms with Crippen molar-refractivity contribution in [3.63, 3.8) is 0 Å². The van der Waals surface area contributed by atoms with E-state index in [0.717, 1.165) is 18.4 Å². The van der Waals surface area contributed by atoms with Crippen LogP contribution in [0.1, 0.15) is 18.4 Å². The predicted molar refractivity (Wildman–Crippen MR) is 81.4 cm³/mol. The molecule has 7 heteroatoms. The molecule has 1 aromatic carbocycles. The first-order valence-electron chi connectivity index (χ1n) is 7.39. The van der Waals surface area contributed by atoms with Gasteiger partial charge in [0.2, 0.25) is 0 Å². The number of amides is 2. The van der Waals surface area contributed by atoms with E-state index in [1.54, 1.807) is 15.8 Å². The fraction of sp³-hybridized carbons (Fsp3) is 0.400. The molecule has 7 nitrogen and oxygen atoms in total. The number of aromatic nitrogens is 3. The van der Waals surface area contributed by atoms with Crippen LogP contribution in [0.3, 0.4) is 0 Å². The minimum atomic E-state index is -0.233. The van der Waals surface area contributed by atoms with E-state index in [4.69, 9.17) is 5.11 Å². The molecule has 0 saturated heterocycles. The number of nitrogens with one attached hydrogen (secondary N) is 1. The maximum Gasteiger partial charge on any atom is 0.323 e. The monoisotopic (exact) mass is 301 g/mol. The summed E-state index contributed by atoms with van der Waals surface area (Å²) in [7, 11) is 0. The van der Waals surface area contributed by atoms with Crippen molar-refractivity contribution in [2.45, 2.75) is 25.4 Å². The molecule has 22 heavy (non-hydrogen) atoms. The Morgan fingerprint density at radius 3 is 2.82 bits per heavy atom. The molecule has 1 aliphatic rings. The summed E-state index contributed by atoms with van der Waals surface area (Å²) in [5.41, 5.74) is 1.12. The molecule has 1 heterocycles. The summed E-state index contributed by atoms with van der Waals surface area (Å²) in [6.07, 6.45) is 3.69. The third-order valence-electron chi connectivity index (χ3n) is 3.55. The molecular formula is C15H19N5O2. The average molecular weight is 301 g/mol.